The van der Waals surface area contributed by atoms with Gasteiger partial charge in [0.1, 0.15) is 0 Å². The van der Waals surface area contributed by atoms with Crippen LogP contribution in [0.3, 0.4) is 0 Å². The number of nitrogens with two attached hydrogens (primary N) is 2. The van der Waals surface area contributed by atoms with Crippen molar-refractivity contribution in [1.29, 1.82) is 0 Å². The highest BCUT2D eigenvalue weighted by Gasteiger charge is 2.68. The maximum absolute atomic E-state index is 12.9. The quantitative estimate of drug-likeness (QED) is 0.897. The van der Waals surface area contributed by atoms with E-state index < -0.39 is 20.6 Å². The molecule has 22 heavy (non-hydrogen) atoms. The number of benzene rings is 2. The van der Waals surface area contributed by atoms with Gasteiger partial charge < -0.3 is 11.5 Å². The predicted molar refractivity (Wildman–Crippen MR) is 87.3 cm³/mol. The molecule has 0 radical (unpaired) electrons. The highest BCUT2D eigenvalue weighted by Crippen LogP contribution is 2.55. The molecule has 1 fully saturated rings. The molecule has 0 amide bonds. The third-order valence-corrected chi connectivity index (χ3v) is 6.81. The largest absolute Gasteiger partial charge is 0.329 e. The lowest BCUT2D eigenvalue weighted by atomic mass is 10.1. The van der Waals surface area contributed by atoms with Crippen LogP contribution in [-0.2, 0) is 9.84 Å². The van der Waals surface area contributed by atoms with Crippen LogP contribution in [0.2, 0.25) is 0 Å². The summed E-state index contributed by atoms with van der Waals surface area (Å²) < 4.78 is 25.9. The fourth-order valence-corrected chi connectivity index (χ4v) is 5.47. The van der Waals surface area contributed by atoms with Gasteiger partial charge in [0.25, 0.3) is 0 Å². The molecule has 116 valence electrons. The monoisotopic (exact) mass is 316 g/mol. The molecule has 5 heteroatoms. The van der Waals surface area contributed by atoms with E-state index in [-0.39, 0.29) is 12.5 Å². The Bertz CT molecular complexity index is 772. The fraction of sp³-hybridized carbons (Fsp3) is 0.294. The van der Waals surface area contributed by atoms with Gasteiger partial charge in [0, 0.05) is 12.5 Å². The second kappa shape index (κ2) is 5.19. The first-order chi connectivity index (χ1) is 10.4. The summed E-state index contributed by atoms with van der Waals surface area (Å²) >= 11 is 0. The van der Waals surface area contributed by atoms with Crippen LogP contribution < -0.4 is 11.5 Å². The van der Waals surface area contributed by atoms with Gasteiger partial charge in [0.15, 0.2) is 9.84 Å². The zero-order chi connectivity index (χ0) is 16.0. The van der Waals surface area contributed by atoms with Crippen molar-refractivity contribution in [1.82, 2.24) is 0 Å². The lowest BCUT2D eigenvalue weighted by molar-refractivity contribution is 0.586. The van der Waals surface area contributed by atoms with Crippen molar-refractivity contribution >= 4 is 9.84 Å². The number of hydrogen-bond acceptors (Lipinski definition) is 4. The first-order valence-electron chi connectivity index (χ1n) is 7.26. The first-order valence-corrected chi connectivity index (χ1v) is 8.80. The highest BCUT2D eigenvalue weighted by atomic mass is 32.2. The second-order valence-electron chi connectivity index (χ2n) is 5.98. The maximum Gasteiger partial charge on any atom is 0.183 e. The molecule has 4 N–H and O–H groups in total. The van der Waals surface area contributed by atoms with Gasteiger partial charge in [-0.05, 0) is 24.6 Å². The summed E-state index contributed by atoms with van der Waals surface area (Å²) in [6.07, 6.45) is 0. The summed E-state index contributed by atoms with van der Waals surface area (Å²) in [7, 11) is -3.50. The summed E-state index contributed by atoms with van der Waals surface area (Å²) in [6.45, 7) is 2.07. The molecule has 0 aliphatic heterocycles. The van der Waals surface area contributed by atoms with Crippen molar-refractivity contribution in [2.24, 2.45) is 11.5 Å². The predicted octanol–water partition coefficient (Wildman–Crippen LogP) is 1.59. The normalized spacial score (nSPS) is 27.6. The SMILES string of the molecule is Cc1ccc(S(=O)(=O)[C@@H]2[C@@H](c3ccccc3)[C@]2(N)CN)cc1. The van der Waals surface area contributed by atoms with Crippen LogP contribution in [0.1, 0.15) is 17.0 Å². The van der Waals surface area contributed by atoms with Crippen molar-refractivity contribution in [3.8, 4) is 0 Å². The number of sulfone groups is 1. The van der Waals surface area contributed by atoms with Crippen LogP contribution >= 0.6 is 0 Å². The van der Waals surface area contributed by atoms with Crippen molar-refractivity contribution in [2.75, 3.05) is 6.54 Å². The molecule has 2 aromatic carbocycles. The lowest BCUT2D eigenvalue weighted by Gasteiger charge is -2.09. The molecular weight excluding hydrogens is 296 g/mol. The van der Waals surface area contributed by atoms with E-state index in [0.29, 0.717) is 4.90 Å². The Morgan fingerprint density at radius 3 is 2.18 bits per heavy atom. The molecule has 0 spiro atoms. The molecule has 1 saturated carbocycles. The zero-order valence-corrected chi connectivity index (χ0v) is 13.3. The van der Waals surface area contributed by atoms with Crippen molar-refractivity contribution < 1.29 is 8.42 Å². The molecule has 3 atom stereocenters. The number of aryl methyl sites for hydroxylation is 1. The highest BCUT2D eigenvalue weighted by molar-refractivity contribution is 7.92. The van der Waals surface area contributed by atoms with Crippen LogP contribution in [0.25, 0.3) is 0 Å². The molecule has 1 aliphatic rings. The third-order valence-electron chi connectivity index (χ3n) is 4.50. The van der Waals surface area contributed by atoms with Gasteiger partial charge in [-0.1, -0.05) is 48.0 Å². The van der Waals surface area contributed by atoms with Gasteiger partial charge in [-0.25, -0.2) is 8.42 Å². The minimum atomic E-state index is -3.50. The van der Waals surface area contributed by atoms with Gasteiger partial charge >= 0.3 is 0 Å². The van der Waals surface area contributed by atoms with E-state index in [0.717, 1.165) is 11.1 Å². The van der Waals surface area contributed by atoms with E-state index in [2.05, 4.69) is 0 Å². The number of rotatable bonds is 4. The Labute approximate surface area is 131 Å². The molecule has 0 aromatic heterocycles. The topological polar surface area (TPSA) is 86.2 Å². The third kappa shape index (κ3) is 2.26. The van der Waals surface area contributed by atoms with E-state index >= 15 is 0 Å². The summed E-state index contributed by atoms with van der Waals surface area (Å²) in [5.41, 5.74) is 13.2. The van der Waals surface area contributed by atoms with Crippen molar-refractivity contribution in [3.63, 3.8) is 0 Å². The maximum atomic E-state index is 12.9. The van der Waals surface area contributed by atoms with E-state index in [4.69, 9.17) is 11.5 Å². The Morgan fingerprint density at radius 1 is 1.05 bits per heavy atom. The van der Waals surface area contributed by atoms with Crippen LogP contribution in [0, 0.1) is 6.92 Å². The van der Waals surface area contributed by atoms with E-state index in [1.807, 2.05) is 37.3 Å². The minimum absolute atomic E-state index is 0.141. The molecule has 1 aliphatic carbocycles. The Morgan fingerprint density at radius 2 is 1.64 bits per heavy atom. The molecule has 3 rings (SSSR count). The van der Waals surface area contributed by atoms with Gasteiger partial charge in [-0.3, -0.25) is 0 Å². The first kappa shape index (κ1) is 15.2. The number of hydrogen-bond donors (Lipinski definition) is 2. The summed E-state index contributed by atoms with van der Waals surface area (Å²) in [5, 5.41) is -0.671. The van der Waals surface area contributed by atoms with Gasteiger partial charge in [-0.15, -0.1) is 0 Å². The smallest absolute Gasteiger partial charge is 0.183 e. The van der Waals surface area contributed by atoms with Crippen LogP contribution in [0.15, 0.2) is 59.5 Å². The second-order valence-corrected chi connectivity index (χ2v) is 8.05. The summed E-state index contributed by atoms with van der Waals surface area (Å²) in [6, 6.07) is 16.4. The Hall–Kier alpha value is -1.69. The van der Waals surface area contributed by atoms with E-state index in [1.54, 1.807) is 24.3 Å². The lowest BCUT2D eigenvalue weighted by Crippen LogP contribution is -2.39. The molecule has 0 heterocycles. The Balaban J connectivity index is 2.01. The molecular formula is C17H20N2O2S. The average molecular weight is 316 g/mol. The zero-order valence-electron chi connectivity index (χ0n) is 12.4. The summed E-state index contributed by atoms with van der Waals surface area (Å²) in [5.74, 6) is -0.259. The van der Waals surface area contributed by atoms with Crippen molar-refractivity contribution in [2.45, 2.75) is 28.5 Å². The van der Waals surface area contributed by atoms with Gasteiger partial charge in [0.05, 0.1) is 15.7 Å². The van der Waals surface area contributed by atoms with E-state index in [9.17, 15) is 8.42 Å². The standard InChI is InChI=1S/C17H20N2O2S/c1-12-7-9-14(10-8-12)22(20,21)16-15(17(16,19)11-18)13-5-3-2-4-6-13/h2-10,15-16H,11,18-19H2,1H3/t15-,16-,17-/m1/s1. The Kier molecular flexibility index (Phi) is 3.59. The van der Waals surface area contributed by atoms with Crippen molar-refractivity contribution in [3.05, 3.63) is 65.7 Å². The van der Waals surface area contributed by atoms with Crippen LogP contribution in [0.4, 0.5) is 0 Å². The molecule has 0 unspecified atom stereocenters. The van der Waals surface area contributed by atoms with Gasteiger partial charge in [-0.2, -0.15) is 0 Å². The average Bonchev–Trinajstić information content (AvgIpc) is 3.16. The molecule has 4 nitrogen and oxygen atoms in total. The van der Waals surface area contributed by atoms with E-state index in [1.165, 1.54) is 0 Å². The van der Waals surface area contributed by atoms with Crippen LogP contribution in [0.5, 0.6) is 0 Å². The summed E-state index contributed by atoms with van der Waals surface area (Å²) in [4.78, 5) is 0.310. The molecule has 0 bridgehead atoms. The minimum Gasteiger partial charge on any atom is -0.329 e. The fourth-order valence-electron chi connectivity index (χ4n) is 3.15. The molecule has 0 saturated heterocycles. The van der Waals surface area contributed by atoms with Crippen LogP contribution in [-0.4, -0.2) is 25.8 Å². The van der Waals surface area contributed by atoms with Gasteiger partial charge in [0.2, 0.25) is 0 Å². The molecule has 2 aromatic rings.